The Morgan fingerprint density at radius 2 is 1.89 bits per heavy atom. The number of nitrogens with two attached hydrogens (primary N) is 1. The van der Waals surface area contributed by atoms with Crippen molar-refractivity contribution in [1.82, 2.24) is 0 Å². The molecule has 1 aromatic carbocycles. The molecule has 1 heterocycles. The third-order valence-corrected chi connectivity index (χ3v) is 4.86. The van der Waals surface area contributed by atoms with Gasteiger partial charge in [-0.3, -0.25) is 14.9 Å². The van der Waals surface area contributed by atoms with Gasteiger partial charge in [0.25, 0.3) is 5.88 Å². The van der Waals surface area contributed by atoms with Gasteiger partial charge in [-0.05, 0) is 23.1 Å². The molecule has 8 nitrogen and oxygen atoms in total. The van der Waals surface area contributed by atoms with Crippen molar-refractivity contribution in [3.05, 3.63) is 56.8 Å². The van der Waals surface area contributed by atoms with Crippen LogP contribution in [-0.4, -0.2) is 24.9 Å². The molecule has 2 N–H and O–H groups in total. The first kappa shape index (κ1) is 18.8. The average Bonchev–Trinajstić information content (AvgIpc) is 2.58. The molecule has 0 fully saturated rings. The fraction of sp³-hybridized carbons (Fsp3) is 0.421. The van der Waals surface area contributed by atoms with Gasteiger partial charge < -0.3 is 19.9 Å². The minimum Gasteiger partial charge on any atom is -0.493 e. The molecule has 0 saturated heterocycles. The van der Waals surface area contributed by atoms with Crippen molar-refractivity contribution in [1.29, 1.82) is 0 Å². The van der Waals surface area contributed by atoms with Crippen LogP contribution in [0.5, 0.6) is 11.5 Å². The van der Waals surface area contributed by atoms with Crippen LogP contribution < -0.4 is 15.2 Å². The van der Waals surface area contributed by atoms with Gasteiger partial charge >= 0.3 is 5.70 Å². The number of hydrogen-bond donors (Lipinski definition) is 1. The third kappa shape index (κ3) is 3.22. The standard InChI is InChI=1S/C19H22N2O6/c1-19(2)8-11(22)16-14(9-19)27-18(20)17(21(23)24)15(16)10-5-6-12(25-3)13(7-10)26-4/h5-7,15H,8-9,20H2,1-4H3/t15-/m1/s1. The highest BCUT2D eigenvalue weighted by atomic mass is 16.6. The Hall–Kier alpha value is -3.03. The maximum absolute atomic E-state index is 12.9. The van der Waals surface area contributed by atoms with E-state index in [1.165, 1.54) is 14.2 Å². The van der Waals surface area contributed by atoms with E-state index in [2.05, 4.69) is 0 Å². The predicted octanol–water partition coefficient (Wildman–Crippen LogP) is 2.87. The molecule has 0 aromatic heterocycles. The lowest BCUT2D eigenvalue weighted by Gasteiger charge is -2.36. The monoisotopic (exact) mass is 374 g/mol. The second-order valence-electron chi connectivity index (χ2n) is 7.43. The number of ketones is 1. The van der Waals surface area contributed by atoms with Crippen LogP contribution in [0.2, 0.25) is 0 Å². The minimum absolute atomic E-state index is 0.173. The van der Waals surface area contributed by atoms with Gasteiger partial charge in [-0.1, -0.05) is 19.9 Å². The topological polar surface area (TPSA) is 114 Å². The Morgan fingerprint density at radius 3 is 2.48 bits per heavy atom. The highest BCUT2D eigenvalue weighted by molar-refractivity contribution is 5.99. The average molecular weight is 374 g/mol. The summed E-state index contributed by atoms with van der Waals surface area (Å²) in [6.07, 6.45) is 0.757. The Kier molecular flexibility index (Phi) is 4.59. The van der Waals surface area contributed by atoms with Crippen molar-refractivity contribution in [2.75, 3.05) is 14.2 Å². The highest BCUT2D eigenvalue weighted by Crippen LogP contribution is 2.48. The fourth-order valence-corrected chi connectivity index (χ4v) is 3.71. The van der Waals surface area contributed by atoms with E-state index in [-0.39, 0.29) is 29.2 Å². The van der Waals surface area contributed by atoms with E-state index in [1.807, 2.05) is 13.8 Å². The van der Waals surface area contributed by atoms with Crippen LogP contribution in [0.1, 0.15) is 38.2 Å². The van der Waals surface area contributed by atoms with Crippen LogP contribution >= 0.6 is 0 Å². The van der Waals surface area contributed by atoms with Gasteiger partial charge in [0.05, 0.1) is 24.7 Å². The number of carbonyl (C=O) groups excluding carboxylic acids is 1. The molecule has 0 saturated carbocycles. The molecule has 0 bridgehead atoms. The van der Waals surface area contributed by atoms with E-state index in [4.69, 9.17) is 19.9 Å². The number of benzene rings is 1. The largest absolute Gasteiger partial charge is 0.493 e. The lowest BCUT2D eigenvalue weighted by molar-refractivity contribution is -0.433. The SMILES string of the molecule is COc1ccc([C@@H]2C3=C(CC(C)(C)CC3=O)OC(N)=C2[N+](=O)[O-])cc1OC. The highest BCUT2D eigenvalue weighted by Gasteiger charge is 2.47. The normalized spacial score (nSPS) is 21.5. The second-order valence-corrected chi connectivity index (χ2v) is 7.43. The Morgan fingerprint density at radius 1 is 1.22 bits per heavy atom. The molecule has 0 amide bonds. The molecule has 1 atom stereocenters. The summed E-state index contributed by atoms with van der Waals surface area (Å²) in [4.78, 5) is 24.0. The summed E-state index contributed by atoms with van der Waals surface area (Å²) in [6, 6.07) is 4.95. The number of nitro groups is 1. The molecule has 2 aliphatic rings. The zero-order chi connectivity index (χ0) is 19.9. The summed E-state index contributed by atoms with van der Waals surface area (Å²) in [5.74, 6) is -0.0880. The van der Waals surface area contributed by atoms with E-state index in [0.717, 1.165) is 0 Å². The number of ether oxygens (including phenoxy) is 3. The van der Waals surface area contributed by atoms with Crippen LogP contribution in [0.4, 0.5) is 0 Å². The van der Waals surface area contributed by atoms with E-state index < -0.39 is 10.8 Å². The van der Waals surface area contributed by atoms with Gasteiger partial charge in [0.1, 0.15) is 11.7 Å². The first-order chi connectivity index (χ1) is 12.7. The lowest BCUT2D eigenvalue weighted by atomic mass is 9.71. The van der Waals surface area contributed by atoms with Crippen molar-refractivity contribution in [3.63, 3.8) is 0 Å². The molecule has 27 heavy (non-hydrogen) atoms. The summed E-state index contributed by atoms with van der Waals surface area (Å²) in [7, 11) is 2.98. The van der Waals surface area contributed by atoms with E-state index in [9.17, 15) is 14.9 Å². The van der Waals surface area contributed by atoms with Gasteiger partial charge in [-0.15, -0.1) is 0 Å². The van der Waals surface area contributed by atoms with E-state index >= 15 is 0 Å². The van der Waals surface area contributed by atoms with Gasteiger partial charge in [0.2, 0.25) is 0 Å². The fourth-order valence-electron chi connectivity index (χ4n) is 3.71. The maximum atomic E-state index is 12.9. The predicted molar refractivity (Wildman–Crippen MR) is 96.6 cm³/mol. The molecule has 1 aromatic rings. The maximum Gasteiger partial charge on any atom is 0.317 e. The molecule has 0 spiro atoms. The summed E-state index contributed by atoms with van der Waals surface area (Å²) in [6.45, 7) is 3.90. The first-order valence-corrected chi connectivity index (χ1v) is 8.48. The molecule has 8 heteroatoms. The van der Waals surface area contributed by atoms with Crippen molar-refractivity contribution >= 4 is 5.78 Å². The van der Waals surface area contributed by atoms with Crippen LogP contribution in [-0.2, 0) is 9.53 Å². The second kappa shape index (κ2) is 6.61. The molecule has 3 rings (SSSR count). The van der Waals surface area contributed by atoms with Crippen molar-refractivity contribution in [3.8, 4) is 11.5 Å². The Labute approximate surface area is 156 Å². The molecular weight excluding hydrogens is 352 g/mol. The summed E-state index contributed by atoms with van der Waals surface area (Å²) >= 11 is 0. The van der Waals surface area contributed by atoms with Gasteiger partial charge in [0.15, 0.2) is 17.3 Å². The van der Waals surface area contributed by atoms with Crippen molar-refractivity contribution < 1.29 is 23.9 Å². The van der Waals surface area contributed by atoms with Gasteiger partial charge in [0, 0.05) is 12.8 Å². The molecular formula is C19H22N2O6. The minimum atomic E-state index is -0.924. The summed E-state index contributed by atoms with van der Waals surface area (Å²) in [5, 5.41) is 11.7. The number of hydrogen-bond acceptors (Lipinski definition) is 7. The number of Topliss-reactive ketones (excluding diaryl/α,β-unsaturated/α-hetero) is 1. The molecule has 1 aliphatic heterocycles. The Bertz CT molecular complexity index is 884. The zero-order valence-electron chi connectivity index (χ0n) is 15.7. The Balaban J connectivity index is 2.21. The van der Waals surface area contributed by atoms with E-state index in [0.29, 0.717) is 34.8 Å². The van der Waals surface area contributed by atoms with E-state index in [1.54, 1.807) is 18.2 Å². The van der Waals surface area contributed by atoms with Crippen molar-refractivity contribution in [2.45, 2.75) is 32.6 Å². The van der Waals surface area contributed by atoms with Crippen LogP contribution in [0.25, 0.3) is 0 Å². The number of nitrogens with zero attached hydrogens (tertiary/aromatic N) is 1. The van der Waals surface area contributed by atoms with Crippen LogP contribution in [0.3, 0.4) is 0 Å². The number of allylic oxidation sites excluding steroid dienone is 2. The van der Waals surface area contributed by atoms with Gasteiger partial charge in [-0.25, -0.2) is 0 Å². The number of rotatable bonds is 4. The molecule has 1 aliphatic carbocycles. The molecule has 0 unspecified atom stereocenters. The number of methoxy groups -OCH3 is 2. The lowest BCUT2D eigenvalue weighted by Crippen LogP contribution is -2.35. The van der Waals surface area contributed by atoms with Crippen LogP contribution in [0, 0.1) is 15.5 Å². The zero-order valence-corrected chi connectivity index (χ0v) is 15.7. The number of carbonyl (C=O) groups is 1. The molecule has 0 radical (unpaired) electrons. The van der Waals surface area contributed by atoms with Crippen LogP contribution in [0.15, 0.2) is 41.1 Å². The summed E-state index contributed by atoms with van der Waals surface area (Å²) in [5.41, 5.74) is 6.06. The van der Waals surface area contributed by atoms with Crippen molar-refractivity contribution in [2.24, 2.45) is 11.1 Å². The quantitative estimate of drug-likeness (QED) is 0.636. The first-order valence-electron chi connectivity index (χ1n) is 8.48. The third-order valence-electron chi connectivity index (χ3n) is 4.86. The van der Waals surface area contributed by atoms with Gasteiger partial charge in [-0.2, -0.15) is 0 Å². The summed E-state index contributed by atoms with van der Waals surface area (Å²) < 4.78 is 16.1. The smallest absolute Gasteiger partial charge is 0.317 e. The molecule has 144 valence electrons.